The Balaban J connectivity index is 1.57. The summed E-state index contributed by atoms with van der Waals surface area (Å²) in [6, 6.07) is 29.2. The van der Waals surface area contributed by atoms with Crippen LogP contribution in [0.25, 0.3) is 0 Å². The predicted octanol–water partition coefficient (Wildman–Crippen LogP) is 7.31. The van der Waals surface area contributed by atoms with Crippen molar-refractivity contribution in [3.05, 3.63) is 129 Å². The highest BCUT2D eigenvalue weighted by Crippen LogP contribution is 2.28. The number of hydrogen-bond donors (Lipinski definition) is 1. The highest BCUT2D eigenvalue weighted by Gasteiger charge is 2.35. The van der Waals surface area contributed by atoms with E-state index in [1.165, 1.54) is 17.0 Å². The quantitative estimate of drug-likeness (QED) is 0.166. The topological polar surface area (TPSA) is 86.8 Å². The molecule has 0 radical (unpaired) electrons. The minimum Gasteiger partial charge on any atom is -0.352 e. The van der Waals surface area contributed by atoms with E-state index < -0.39 is 28.5 Å². The van der Waals surface area contributed by atoms with Crippen LogP contribution < -0.4 is 9.62 Å². The van der Waals surface area contributed by atoms with Gasteiger partial charge in [0.05, 0.1) is 10.6 Å². The van der Waals surface area contributed by atoms with Crippen molar-refractivity contribution in [3.63, 3.8) is 0 Å². The SMILES string of the molecule is Cc1ccc(S(=O)(=O)N(CC(=O)N(Cc2cccc(Cl)c2)[C@@H](Cc2ccccc2)C(=O)NC2CCCC2)c2cccc(Br)c2)cc1. The monoisotopic (exact) mass is 721 g/mol. The highest BCUT2D eigenvalue weighted by atomic mass is 79.9. The Labute approximate surface area is 284 Å². The molecule has 1 aliphatic rings. The fourth-order valence-corrected chi connectivity index (χ4v) is 7.76. The van der Waals surface area contributed by atoms with Gasteiger partial charge in [-0.05, 0) is 73.4 Å². The third kappa shape index (κ3) is 8.57. The van der Waals surface area contributed by atoms with E-state index in [0.717, 1.165) is 46.7 Å². The molecule has 1 saturated carbocycles. The van der Waals surface area contributed by atoms with E-state index in [9.17, 15) is 18.0 Å². The third-order valence-corrected chi connectivity index (χ3v) is 10.7. The molecule has 7 nitrogen and oxygen atoms in total. The molecule has 0 spiro atoms. The second-order valence-corrected chi connectivity index (χ2v) is 14.9. The van der Waals surface area contributed by atoms with Crippen LogP contribution in [-0.4, -0.2) is 43.8 Å². The lowest BCUT2D eigenvalue weighted by atomic mass is 10.0. The Morgan fingerprint density at radius 1 is 0.891 bits per heavy atom. The summed E-state index contributed by atoms with van der Waals surface area (Å²) in [5.74, 6) is -0.778. The van der Waals surface area contributed by atoms with E-state index in [-0.39, 0.29) is 29.8 Å². The highest BCUT2D eigenvalue weighted by molar-refractivity contribution is 9.10. The number of aryl methyl sites for hydroxylation is 1. The fraction of sp³-hybridized carbons (Fsp3) is 0.278. The van der Waals surface area contributed by atoms with Crippen molar-refractivity contribution >= 4 is 55.1 Å². The summed E-state index contributed by atoms with van der Waals surface area (Å²) in [5.41, 5.74) is 2.84. The largest absolute Gasteiger partial charge is 0.352 e. The van der Waals surface area contributed by atoms with Gasteiger partial charge in [0.25, 0.3) is 10.0 Å². The number of sulfonamides is 1. The summed E-state index contributed by atoms with van der Waals surface area (Å²) < 4.78 is 30.1. The first-order valence-corrected chi connectivity index (χ1v) is 17.9. The van der Waals surface area contributed by atoms with Gasteiger partial charge >= 0.3 is 0 Å². The van der Waals surface area contributed by atoms with Crippen LogP contribution in [0.2, 0.25) is 5.02 Å². The van der Waals surface area contributed by atoms with Gasteiger partial charge in [-0.2, -0.15) is 0 Å². The van der Waals surface area contributed by atoms with Crippen molar-refractivity contribution in [2.75, 3.05) is 10.8 Å². The maximum absolute atomic E-state index is 14.6. The van der Waals surface area contributed by atoms with Crippen LogP contribution in [0.5, 0.6) is 0 Å². The Hall–Kier alpha value is -3.66. The first-order chi connectivity index (χ1) is 22.1. The molecule has 46 heavy (non-hydrogen) atoms. The van der Waals surface area contributed by atoms with Gasteiger partial charge in [0.2, 0.25) is 11.8 Å². The third-order valence-electron chi connectivity index (χ3n) is 8.20. The molecule has 0 aliphatic heterocycles. The minimum absolute atomic E-state index is 0.0361. The molecule has 240 valence electrons. The zero-order valence-electron chi connectivity index (χ0n) is 25.6. The maximum Gasteiger partial charge on any atom is 0.264 e. The molecule has 0 heterocycles. The van der Waals surface area contributed by atoms with Crippen molar-refractivity contribution in [1.82, 2.24) is 10.2 Å². The van der Waals surface area contributed by atoms with Crippen molar-refractivity contribution in [1.29, 1.82) is 0 Å². The Bertz CT molecular complexity index is 1760. The van der Waals surface area contributed by atoms with Gasteiger partial charge in [-0.3, -0.25) is 13.9 Å². The van der Waals surface area contributed by atoms with Gasteiger partial charge in [0, 0.05) is 28.5 Å². The molecule has 4 aromatic rings. The molecule has 1 fully saturated rings. The molecule has 5 rings (SSSR count). The number of carbonyl (C=O) groups is 2. The van der Waals surface area contributed by atoms with E-state index in [4.69, 9.17) is 11.6 Å². The summed E-state index contributed by atoms with van der Waals surface area (Å²) in [6.45, 7) is 1.42. The van der Waals surface area contributed by atoms with Gasteiger partial charge in [0.1, 0.15) is 12.6 Å². The Morgan fingerprint density at radius 2 is 1.57 bits per heavy atom. The van der Waals surface area contributed by atoms with Crippen molar-refractivity contribution in [3.8, 4) is 0 Å². The summed E-state index contributed by atoms with van der Waals surface area (Å²) in [5, 5.41) is 3.69. The Morgan fingerprint density at radius 3 is 2.24 bits per heavy atom. The first kappa shape index (κ1) is 33.7. The number of nitrogens with zero attached hydrogens (tertiary/aromatic N) is 2. The summed E-state index contributed by atoms with van der Waals surface area (Å²) in [6.07, 6.45) is 4.11. The fourth-order valence-electron chi connectivity index (χ4n) is 5.75. The van der Waals surface area contributed by atoms with Crippen LogP contribution in [0.4, 0.5) is 5.69 Å². The van der Waals surface area contributed by atoms with Crippen molar-refractivity contribution in [2.24, 2.45) is 0 Å². The van der Waals surface area contributed by atoms with Crippen LogP contribution >= 0.6 is 27.5 Å². The second kappa shape index (κ2) is 15.3. The summed E-state index contributed by atoms with van der Waals surface area (Å²) >= 11 is 9.78. The van der Waals surface area contributed by atoms with Gasteiger partial charge in [0.15, 0.2) is 0 Å². The van der Waals surface area contributed by atoms with Gasteiger partial charge < -0.3 is 10.2 Å². The van der Waals surface area contributed by atoms with E-state index in [1.54, 1.807) is 54.6 Å². The molecule has 1 aliphatic carbocycles. The van der Waals surface area contributed by atoms with Crippen molar-refractivity contribution in [2.45, 2.75) is 62.6 Å². The number of hydrogen-bond acceptors (Lipinski definition) is 4. The molecular weight excluding hydrogens is 686 g/mol. The molecule has 0 unspecified atom stereocenters. The molecule has 1 N–H and O–H groups in total. The number of nitrogens with one attached hydrogen (secondary N) is 1. The first-order valence-electron chi connectivity index (χ1n) is 15.3. The smallest absolute Gasteiger partial charge is 0.264 e. The van der Waals surface area contributed by atoms with Crippen molar-refractivity contribution < 1.29 is 18.0 Å². The molecule has 2 amide bonds. The number of halogens is 2. The molecule has 10 heteroatoms. The number of rotatable bonds is 12. The van der Waals surface area contributed by atoms with E-state index >= 15 is 0 Å². The molecule has 0 bridgehead atoms. The normalized spacial score (nSPS) is 14.1. The van der Waals surface area contributed by atoms with Gasteiger partial charge in [-0.25, -0.2) is 8.42 Å². The average molecular weight is 723 g/mol. The zero-order valence-corrected chi connectivity index (χ0v) is 28.8. The number of anilines is 1. The van der Waals surface area contributed by atoms with E-state index in [0.29, 0.717) is 15.2 Å². The molecule has 0 aromatic heterocycles. The molecule has 1 atom stereocenters. The van der Waals surface area contributed by atoms with Crippen LogP contribution in [-0.2, 0) is 32.6 Å². The van der Waals surface area contributed by atoms with Gasteiger partial charge in [-0.15, -0.1) is 0 Å². The zero-order chi connectivity index (χ0) is 32.7. The number of benzene rings is 4. The number of carbonyl (C=O) groups excluding carboxylic acids is 2. The lowest BCUT2D eigenvalue weighted by Crippen LogP contribution is -2.54. The molecular formula is C36H37BrClN3O4S. The van der Waals surface area contributed by atoms with E-state index in [1.807, 2.05) is 43.3 Å². The summed E-state index contributed by atoms with van der Waals surface area (Å²) in [4.78, 5) is 30.3. The second-order valence-electron chi connectivity index (χ2n) is 11.7. The Kier molecular flexibility index (Phi) is 11.2. The minimum atomic E-state index is -4.18. The average Bonchev–Trinajstić information content (AvgIpc) is 3.55. The summed E-state index contributed by atoms with van der Waals surface area (Å²) in [7, 11) is -4.18. The lowest BCUT2D eigenvalue weighted by molar-refractivity contribution is -0.140. The van der Waals surface area contributed by atoms with Crippen LogP contribution in [0, 0.1) is 6.92 Å². The van der Waals surface area contributed by atoms with Crippen LogP contribution in [0.3, 0.4) is 0 Å². The standard InChI is InChI=1S/C36H37BrClN3O4S/c1-26-17-19-33(20-18-26)46(44,45)41(32-16-8-12-29(37)23-32)25-35(42)40(24-28-11-7-13-30(38)21-28)34(22-27-9-3-2-4-10-27)36(43)39-31-14-5-6-15-31/h2-4,7-13,16-21,23,31,34H,5-6,14-15,22,24-25H2,1H3,(H,39,43)/t34-/m0/s1. The lowest BCUT2D eigenvalue weighted by Gasteiger charge is -2.34. The number of amides is 2. The van der Waals surface area contributed by atoms with Crippen LogP contribution in [0.15, 0.2) is 112 Å². The predicted molar refractivity (Wildman–Crippen MR) is 186 cm³/mol. The van der Waals surface area contributed by atoms with Crippen LogP contribution in [0.1, 0.15) is 42.4 Å². The molecule has 0 saturated heterocycles. The van der Waals surface area contributed by atoms with Gasteiger partial charge in [-0.1, -0.05) is 107 Å². The molecule has 4 aromatic carbocycles. The maximum atomic E-state index is 14.6. The van der Waals surface area contributed by atoms with E-state index in [2.05, 4.69) is 21.2 Å².